The third-order valence-corrected chi connectivity index (χ3v) is 12.0. The third kappa shape index (κ3) is 31.2. The van der Waals surface area contributed by atoms with Crippen molar-refractivity contribution in [2.75, 3.05) is 13.2 Å². The molecule has 0 aromatic rings. The lowest BCUT2D eigenvalue weighted by molar-refractivity contribution is -0.302. The molecule has 0 aromatic heterocycles. The Kier molecular flexibility index (Phi) is 38.4. The van der Waals surface area contributed by atoms with E-state index in [4.69, 9.17) is 9.47 Å². The highest BCUT2D eigenvalue weighted by molar-refractivity contribution is 5.76. The van der Waals surface area contributed by atoms with Crippen molar-refractivity contribution in [3.05, 3.63) is 24.3 Å². The molecule has 1 heterocycles. The molecule has 9 nitrogen and oxygen atoms in total. The Bertz CT molecular complexity index is 977. The molecule has 0 aromatic carbocycles. The van der Waals surface area contributed by atoms with Gasteiger partial charge in [0.25, 0.3) is 0 Å². The number of carbonyl (C=O) groups is 1. The summed E-state index contributed by atoms with van der Waals surface area (Å²) in [6.07, 6.45) is 42.3. The molecule has 7 atom stereocenters. The van der Waals surface area contributed by atoms with E-state index >= 15 is 0 Å². The lowest BCUT2D eigenvalue weighted by atomic mass is 9.99. The Hall–Kier alpha value is -1.33. The molecule has 0 saturated carbocycles. The van der Waals surface area contributed by atoms with E-state index in [0.717, 1.165) is 38.5 Å². The second-order valence-electron chi connectivity index (χ2n) is 17.6. The van der Waals surface area contributed by atoms with Gasteiger partial charge in [-0.2, -0.15) is 0 Å². The second kappa shape index (κ2) is 40.7. The number of rotatable bonds is 42. The van der Waals surface area contributed by atoms with Crippen LogP contribution in [0.1, 0.15) is 232 Å². The van der Waals surface area contributed by atoms with Gasteiger partial charge in [0, 0.05) is 6.42 Å². The monoisotopic (exact) mass is 838 g/mol. The molecular weight excluding hydrogens is 743 g/mol. The van der Waals surface area contributed by atoms with Crippen LogP contribution in [0.25, 0.3) is 0 Å². The summed E-state index contributed by atoms with van der Waals surface area (Å²) >= 11 is 0. The second-order valence-corrected chi connectivity index (χ2v) is 17.6. The maximum atomic E-state index is 13.0. The van der Waals surface area contributed by atoms with E-state index in [9.17, 15) is 30.3 Å². The molecule has 0 aliphatic carbocycles. The average molecular weight is 838 g/mol. The number of unbranched alkanes of at least 4 members (excludes halogenated alkanes) is 30. The minimum atomic E-state index is -1.56. The number of ether oxygens (including phenoxy) is 2. The van der Waals surface area contributed by atoms with E-state index in [1.165, 1.54) is 173 Å². The Morgan fingerprint density at radius 1 is 0.559 bits per heavy atom. The topological polar surface area (TPSA) is 149 Å². The molecule has 1 amide bonds. The number of hydrogen-bond acceptors (Lipinski definition) is 8. The van der Waals surface area contributed by atoms with E-state index in [-0.39, 0.29) is 12.5 Å². The van der Waals surface area contributed by atoms with Crippen molar-refractivity contribution in [2.24, 2.45) is 0 Å². The Labute approximate surface area is 362 Å². The summed E-state index contributed by atoms with van der Waals surface area (Å²) in [6.45, 7) is 3.78. The average Bonchev–Trinajstić information content (AvgIpc) is 3.23. The summed E-state index contributed by atoms with van der Waals surface area (Å²) in [5.74, 6) is -0.177. The van der Waals surface area contributed by atoms with Crippen molar-refractivity contribution in [3.8, 4) is 0 Å². The van der Waals surface area contributed by atoms with Crippen LogP contribution in [0, 0.1) is 0 Å². The molecule has 1 aliphatic heterocycles. The highest BCUT2D eigenvalue weighted by Crippen LogP contribution is 2.23. The predicted octanol–water partition coefficient (Wildman–Crippen LogP) is 11.1. The van der Waals surface area contributed by atoms with Gasteiger partial charge in [0.15, 0.2) is 6.29 Å². The summed E-state index contributed by atoms with van der Waals surface area (Å²) in [5, 5.41) is 54.2. The summed E-state index contributed by atoms with van der Waals surface area (Å²) in [4.78, 5) is 13.0. The first-order valence-electron chi connectivity index (χ1n) is 25.1. The van der Waals surface area contributed by atoms with Gasteiger partial charge in [-0.05, 0) is 44.9 Å². The molecule has 0 bridgehead atoms. The van der Waals surface area contributed by atoms with Crippen LogP contribution in [0.5, 0.6) is 0 Å². The largest absolute Gasteiger partial charge is 0.394 e. The van der Waals surface area contributed by atoms with Crippen LogP contribution in [-0.2, 0) is 14.3 Å². The molecule has 0 spiro atoms. The zero-order valence-corrected chi connectivity index (χ0v) is 38.3. The van der Waals surface area contributed by atoms with Crippen LogP contribution in [0.3, 0.4) is 0 Å². The van der Waals surface area contributed by atoms with E-state index in [1.807, 2.05) is 6.08 Å². The van der Waals surface area contributed by atoms with Gasteiger partial charge >= 0.3 is 0 Å². The standard InChI is InChI=1S/C50H95NO8/c1-3-5-7-9-11-13-15-17-18-19-20-21-22-23-24-25-26-28-30-32-34-36-38-40-46(54)51-43(42-58-50-49(57)48(56)47(55)45(41-52)59-50)44(53)39-37-35-33-31-29-27-16-14-12-10-8-6-4-2/h19-20,37,39,43-45,47-50,52-53,55-57H,3-18,21-36,38,40-42H2,1-2H3,(H,51,54)/b20-19-,39-37+. The fourth-order valence-electron chi connectivity index (χ4n) is 7.97. The van der Waals surface area contributed by atoms with Crippen LogP contribution >= 0.6 is 0 Å². The summed E-state index contributed by atoms with van der Waals surface area (Å²) in [7, 11) is 0. The maximum absolute atomic E-state index is 13.0. The molecule has 9 heteroatoms. The van der Waals surface area contributed by atoms with E-state index in [2.05, 4.69) is 31.3 Å². The molecule has 1 saturated heterocycles. The number of allylic oxidation sites excluding steroid dienone is 3. The van der Waals surface area contributed by atoms with Gasteiger partial charge in [0.05, 0.1) is 25.4 Å². The van der Waals surface area contributed by atoms with Crippen LogP contribution in [-0.4, -0.2) is 87.5 Å². The van der Waals surface area contributed by atoms with Gasteiger partial charge in [-0.15, -0.1) is 0 Å². The van der Waals surface area contributed by atoms with Gasteiger partial charge in [-0.25, -0.2) is 0 Å². The van der Waals surface area contributed by atoms with Gasteiger partial charge in [0.1, 0.15) is 24.4 Å². The first-order valence-corrected chi connectivity index (χ1v) is 25.1. The van der Waals surface area contributed by atoms with Gasteiger partial charge in [-0.3, -0.25) is 4.79 Å². The number of aliphatic hydroxyl groups excluding tert-OH is 5. The molecule has 1 fully saturated rings. The molecule has 1 aliphatic rings. The molecule has 6 N–H and O–H groups in total. The van der Waals surface area contributed by atoms with Crippen LogP contribution < -0.4 is 5.32 Å². The molecule has 59 heavy (non-hydrogen) atoms. The van der Waals surface area contributed by atoms with Crippen molar-refractivity contribution in [1.82, 2.24) is 5.32 Å². The fourth-order valence-corrected chi connectivity index (χ4v) is 7.97. The Morgan fingerprint density at radius 2 is 0.949 bits per heavy atom. The van der Waals surface area contributed by atoms with Gasteiger partial charge in [-0.1, -0.05) is 205 Å². The maximum Gasteiger partial charge on any atom is 0.220 e. The van der Waals surface area contributed by atoms with E-state index in [0.29, 0.717) is 6.42 Å². The normalized spacial score (nSPS) is 20.8. The Morgan fingerprint density at radius 3 is 1.37 bits per heavy atom. The van der Waals surface area contributed by atoms with Crippen LogP contribution in [0.15, 0.2) is 24.3 Å². The fraction of sp³-hybridized carbons (Fsp3) is 0.900. The van der Waals surface area contributed by atoms with Crippen LogP contribution in [0.2, 0.25) is 0 Å². The van der Waals surface area contributed by atoms with E-state index in [1.54, 1.807) is 6.08 Å². The van der Waals surface area contributed by atoms with Gasteiger partial charge in [0.2, 0.25) is 5.91 Å². The number of aliphatic hydroxyl groups is 5. The third-order valence-electron chi connectivity index (χ3n) is 12.0. The molecule has 1 rings (SSSR count). The minimum absolute atomic E-state index is 0.177. The lowest BCUT2D eigenvalue weighted by Gasteiger charge is -2.40. The van der Waals surface area contributed by atoms with E-state index < -0.39 is 49.5 Å². The van der Waals surface area contributed by atoms with Gasteiger partial charge < -0.3 is 40.3 Å². The Balaban J connectivity index is 2.26. The van der Waals surface area contributed by atoms with Crippen LogP contribution in [0.4, 0.5) is 0 Å². The minimum Gasteiger partial charge on any atom is -0.394 e. The highest BCUT2D eigenvalue weighted by atomic mass is 16.7. The first-order chi connectivity index (χ1) is 28.8. The van der Waals surface area contributed by atoms with Crippen molar-refractivity contribution in [3.63, 3.8) is 0 Å². The molecule has 7 unspecified atom stereocenters. The number of carbonyl (C=O) groups excluding carboxylic acids is 1. The summed E-state index contributed by atoms with van der Waals surface area (Å²) < 4.78 is 11.2. The SMILES string of the molecule is CCCCCCCCCC/C=C\CCCCCCCCCCCCCC(=O)NC(COC1OC(CO)C(O)C(O)C1O)C(O)/C=C/CCCCCCCCCCCCC. The quantitative estimate of drug-likeness (QED) is 0.0263. The van der Waals surface area contributed by atoms with Crippen molar-refractivity contribution in [1.29, 1.82) is 0 Å². The molecule has 0 radical (unpaired) electrons. The first kappa shape index (κ1) is 55.7. The zero-order valence-electron chi connectivity index (χ0n) is 38.3. The predicted molar refractivity (Wildman–Crippen MR) is 244 cm³/mol. The number of hydrogen-bond donors (Lipinski definition) is 6. The molecular formula is C50H95NO8. The summed E-state index contributed by atoms with van der Waals surface area (Å²) in [6, 6.07) is -0.801. The number of amides is 1. The highest BCUT2D eigenvalue weighted by Gasteiger charge is 2.44. The summed E-state index contributed by atoms with van der Waals surface area (Å²) in [5.41, 5.74) is 0. The van der Waals surface area contributed by atoms with Crippen molar-refractivity contribution < 1.29 is 39.8 Å². The van der Waals surface area contributed by atoms with Crippen molar-refractivity contribution >= 4 is 5.91 Å². The number of nitrogens with one attached hydrogen (secondary N) is 1. The van der Waals surface area contributed by atoms with Crippen molar-refractivity contribution in [2.45, 2.75) is 275 Å². The smallest absolute Gasteiger partial charge is 0.220 e. The zero-order chi connectivity index (χ0) is 43.0. The lowest BCUT2D eigenvalue weighted by Crippen LogP contribution is -2.60. The molecule has 348 valence electrons.